The molecule has 0 saturated carbocycles. The Morgan fingerprint density at radius 1 is 1.39 bits per heavy atom. The van der Waals surface area contributed by atoms with Gasteiger partial charge in [-0.05, 0) is 12.1 Å². The summed E-state index contributed by atoms with van der Waals surface area (Å²) in [5.41, 5.74) is 1.15. The summed E-state index contributed by atoms with van der Waals surface area (Å²) in [5, 5.41) is 10.7. The Labute approximate surface area is 104 Å². The van der Waals surface area contributed by atoms with Gasteiger partial charge in [0.2, 0.25) is 0 Å². The molecule has 18 heavy (non-hydrogen) atoms. The van der Waals surface area contributed by atoms with Crippen LogP contribution in [0, 0.1) is 0 Å². The monoisotopic (exact) mass is 267 g/mol. The first-order valence-corrected chi connectivity index (χ1v) is 7.24. The molecule has 0 unspecified atom stereocenters. The number of benzene rings is 1. The minimum atomic E-state index is -3.28. The highest BCUT2D eigenvalue weighted by molar-refractivity contribution is 7.89. The highest BCUT2D eigenvalue weighted by Gasteiger charge is 2.14. The molecule has 2 rings (SSSR count). The highest BCUT2D eigenvalue weighted by Crippen LogP contribution is 2.17. The van der Waals surface area contributed by atoms with E-state index >= 15 is 0 Å². The molecule has 6 nitrogen and oxygen atoms in total. The van der Waals surface area contributed by atoms with Crippen molar-refractivity contribution in [2.75, 3.05) is 6.26 Å². The molecular weight excluding hydrogens is 256 g/mol. The van der Waals surface area contributed by atoms with Gasteiger partial charge in [0, 0.05) is 6.26 Å². The van der Waals surface area contributed by atoms with Crippen molar-refractivity contribution in [1.82, 2.24) is 9.55 Å². The number of aliphatic carboxylic acids is 1. The van der Waals surface area contributed by atoms with Crippen LogP contribution in [-0.4, -0.2) is 30.2 Å². The molecule has 0 bridgehead atoms. The SMILES string of the molecule is CS(=O)(=O)Cc1nc2ccccc2n1CC(=O)[O-]. The standard InChI is InChI=1S/C11H12N2O4S/c1-18(16,17)7-10-12-8-4-2-3-5-9(8)13(10)6-11(14)15/h2-5H,6-7H2,1H3,(H,14,15)/p-1. The third kappa shape index (κ3) is 2.67. The molecular formula is C11H11N2O4S-. The van der Waals surface area contributed by atoms with Crippen LogP contribution < -0.4 is 5.11 Å². The Morgan fingerprint density at radius 2 is 2.06 bits per heavy atom. The van der Waals surface area contributed by atoms with E-state index < -0.39 is 22.4 Å². The van der Waals surface area contributed by atoms with E-state index in [0.717, 1.165) is 6.26 Å². The number of fused-ring (bicyclic) bond motifs is 1. The van der Waals surface area contributed by atoms with Crippen molar-refractivity contribution in [1.29, 1.82) is 0 Å². The first-order chi connectivity index (χ1) is 8.37. The molecule has 96 valence electrons. The smallest absolute Gasteiger partial charge is 0.154 e. The summed E-state index contributed by atoms with van der Waals surface area (Å²) in [4.78, 5) is 14.9. The second-order valence-electron chi connectivity index (χ2n) is 4.04. The first-order valence-electron chi connectivity index (χ1n) is 5.18. The van der Waals surface area contributed by atoms with E-state index in [2.05, 4.69) is 4.98 Å². The van der Waals surface area contributed by atoms with E-state index in [-0.39, 0.29) is 11.6 Å². The number of sulfone groups is 1. The van der Waals surface area contributed by atoms with Crippen LogP contribution in [0.1, 0.15) is 5.82 Å². The maximum Gasteiger partial charge on any atom is 0.154 e. The number of carbonyl (C=O) groups excluding carboxylic acids is 1. The molecule has 0 aliphatic carbocycles. The number of carbonyl (C=O) groups is 1. The van der Waals surface area contributed by atoms with Gasteiger partial charge < -0.3 is 14.5 Å². The molecule has 1 aromatic heterocycles. The third-order valence-electron chi connectivity index (χ3n) is 2.41. The second kappa shape index (κ2) is 4.41. The first kappa shape index (κ1) is 12.6. The molecule has 1 aromatic carbocycles. The van der Waals surface area contributed by atoms with Gasteiger partial charge in [0.15, 0.2) is 9.84 Å². The summed E-state index contributed by atoms with van der Waals surface area (Å²) in [7, 11) is -3.28. The maximum absolute atomic E-state index is 11.3. The molecule has 0 saturated heterocycles. The van der Waals surface area contributed by atoms with E-state index in [1.807, 2.05) is 0 Å². The van der Waals surface area contributed by atoms with Crippen LogP contribution in [-0.2, 0) is 26.9 Å². The summed E-state index contributed by atoms with van der Waals surface area (Å²) in [5.74, 6) is -1.37. The van der Waals surface area contributed by atoms with Gasteiger partial charge in [0.25, 0.3) is 0 Å². The zero-order valence-electron chi connectivity index (χ0n) is 9.66. The fraction of sp³-hybridized carbons (Fsp3) is 0.273. The summed E-state index contributed by atoms with van der Waals surface area (Å²) in [6, 6.07) is 6.88. The Balaban J connectivity index is 2.60. The van der Waals surface area contributed by atoms with Crippen molar-refractivity contribution in [3.8, 4) is 0 Å². The second-order valence-corrected chi connectivity index (χ2v) is 6.19. The molecule has 0 atom stereocenters. The quantitative estimate of drug-likeness (QED) is 0.732. The lowest BCUT2D eigenvalue weighted by Gasteiger charge is -2.09. The number of hydrogen-bond donors (Lipinski definition) is 0. The number of nitrogens with zero attached hydrogens (tertiary/aromatic N) is 2. The lowest BCUT2D eigenvalue weighted by molar-refractivity contribution is -0.306. The molecule has 2 aromatic rings. The van der Waals surface area contributed by atoms with Gasteiger partial charge in [0.05, 0.1) is 23.5 Å². The van der Waals surface area contributed by atoms with Crippen molar-refractivity contribution in [3.05, 3.63) is 30.1 Å². The van der Waals surface area contributed by atoms with Crippen LogP contribution in [0.25, 0.3) is 11.0 Å². The van der Waals surface area contributed by atoms with E-state index in [4.69, 9.17) is 0 Å². The zero-order valence-corrected chi connectivity index (χ0v) is 10.5. The third-order valence-corrected chi connectivity index (χ3v) is 3.19. The molecule has 0 fully saturated rings. The number of hydrogen-bond acceptors (Lipinski definition) is 5. The highest BCUT2D eigenvalue weighted by atomic mass is 32.2. The van der Waals surface area contributed by atoms with Gasteiger partial charge in [-0.1, -0.05) is 12.1 Å². The molecule has 0 aliphatic heterocycles. The summed E-state index contributed by atoms with van der Waals surface area (Å²) < 4.78 is 24.0. The van der Waals surface area contributed by atoms with Crippen molar-refractivity contribution in [3.63, 3.8) is 0 Å². The van der Waals surface area contributed by atoms with Crippen LogP contribution >= 0.6 is 0 Å². The topological polar surface area (TPSA) is 92.1 Å². The van der Waals surface area contributed by atoms with Gasteiger partial charge in [-0.25, -0.2) is 13.4 Å². The van der Waals surface area contributed by atoms with Crippen LogP contribution in [0.15, 0.2) is 24.3 Å². The van der Waals surface area contributed by atoms with E-state index in [1.165, 1.54) is 4.57 Å². The van der Waals surface area contributed by atoms with Crippen molar-refractivity contribution < 1.29 is 18.3 Å². The van der Waals surface area contributed by atoms with E-state index in [0.29, 0.717) is 11.0 Å². The van der Waals surface area contributed by atoms with Crippen LogP contribution in [0.2, 0.25) is 0 Å². The average Bonchev–Trinajstić information content (AvgIpc) is 2.54. The number of rotatable bonds is 4. The van der Waals surface area contributed by atoms with Crippen molar-refractivity contribution in [2.45, 2.75) is 12.3 Å². The summed E-state index contributed by atoms with van der Waals surface area (Å²) in [6.45, 7) is -0.411. The molecule has 0 spiro atoms. The number of aromatic nitrogens is 2. The van der Waals surface area contributed by atoms with Gasteiger partial charge >= 0.3 is 0 Å². The lowest BCUT2D eigenvalue weighted by atomic mass is 10.3. The molecule has 7 heteroatoms. The predicted molar refractivity (Wildman–Crippen MR) is 63.3 cm³/mol. The van der Waals surface area contributed by atoms with E-state index in [9.17, 15) is 18.3 Å². The minimum absolute atomic E-state index is 0.211. The fourth-order valence-electron chi connectivity index (χ4n) is 1.78. The Kier molecular flexibility index (Phi) is 3.08. The number of para-hydroxylation sites is 2. The fourth-order valence-corrected chi connectivity index (χ4v) is 2.47. The Morgan fingerprint density at radius 3 is 2.67 bits per heavy atom. The van der Waals surface area contributed by atoms with Crippen molar-refractivity contribution in [2.24, 2.45) is 0 Å². The van der Waals surface area contributed by atoms with Crippen LogP contribution in [0.5, 0.6) is 0 Å². The van der Waals surface area contributed by atoms with Crippen molar-refractivity contribution >= 4 is 26.8 Å². The molecule has 0 amide bonds. The van der Waals surface area contributed by atoms with Gasteiger partial charge in [-0.3, -0.25) is 0 Å². The minimum Gasteiger partial charge on any atom is -0.548 e. The van der Waals surface area contributed by atoms with Crippen LogP contribution in [0.4, 0.5) is 0 Å². The van der Waals surface area contributed by atoms with Gasteiger partial charge in [-0.15, -0.1) is 0 Å². The molecule has 0 aliphatic rings. The zero-order chi connectivity index (χ0) is 13.3. The lowest BCUT2D eigenvalue weighted by Crippen LogP contribution is -2.28. The van der Waals surface area contributed by atoms with Gasteiger partial charge in [-0.2, -0.15) is 0 Å². The number of imidazole rings is 1. The normalized spacial score (nSPS) is 11.8. The molecule has 0 N–H and O–H groups in total. The summed E-state index contributed by atoms with van der Waals surface area (Å²) in [6.07, 6.45) is 1.08. The molecule has 0 radical (unpaired) electrons. The van der Waals surface area contributed by atoms with Crippen LogP contribution in [0.3, 0.4) is 0 Å². The van der Waals surface area contributed by atoms with Gasteiger partial charge in [0.1, 0.15) is 11.6 Å². The average molecular weight is 267 g/mol. The number of carboxylic acids is 1. The predicted octanol–water partition coefficient (Wildman–Crippen LogP) is -0.669. The Bertz CT molecular complexity index is 703. The Hall–Kier alpha value is -1.89. The van der Waals surface area contributed by atoms with E-state index in [1.54, 1.807) is 24.3 Å². The maximum atomic E-state index is 11.3. The largest absolute Gasteiger partial charge is 0.548 e. The number of carboxylic acid groups (broad SMARTS) is 1. The molecule has 1 heterocycles. The summed E-state index contributed by atoms with van der Waals surface area (Å²) >= 11 is 0.